The number of benzene rings is 4. The molecule has 0 fully saturated rings. The van der Waals surface area contributed by atoms with E-state index in [0.29, 0.717) is 0 Å². The molecule has 1 unspecified atom stereocenters. The molecule has 0 amide bonds. The highest BCUT2D eigenvalue weighted by Crippen LogP contribution is 2.57. The molecule has 0 aliphatic heterocycles. The average Bonchev–Trinajstić information content (AvgIpc) is 3.15. The van der Waals surface area contributed by atoms with Gasteiger partial charge in [-0.2, -0.15) is 0 Å². The predicted octanol–water partition coefficient (Wildman–Crippen LogP) is 8.67. The third-order valence-corrected chi connectivity index (χ3v) is 6.69. The fourth-order valence-electron chi connectivity index (χ4n) is 5.19. The second kappa shape index (κ2) is 8.56. The third kappa shape index (κ3) is 3.39. The van der Waals surface area contributed by atoms with Crippen LogP contribution in [0, 0.1) is 6.92 Å². The van der Waals surface area contributed by atoms with Gasteiger partial charge in [-0.1, -0.05) is 127 Å². The fourth-order valence-corrected chi connectivity index (χ4v) is 5.19. The molecule has 0 heteroatoms. The zero-order valence-electron chi connectivity index (χ0n) is 19.3. The van der Waals surface area contributed by atoms with E-state index >= 15 is 0 Å². The molecule has 4 aromatic rings. The molecule has 0 nitrogen and oxygen atoms in total. The van der Waals surface area contributed by atoms with Gasteiger partial charge in [0.25, 0.3) is 0 Å². The first-order valence-electron chi connectivity index (χ1n) is 11.5. The molecule has 0 radical (unpaired) electrons. The molecule has 0 bridgehead atoms. The molecule has 0 heterocycles. The predicted molar refractivity (Wildman–Crippen MR) is 141 cm³/mol. The van der Waals surface area contributed by atoms with Crippen molar-refractivity contribution in [1.82, 2.24) is 0 Å². The Morgan fingerprint density at radius 2 is 1.33 bits per heavy atom. The zero-order chi connectivity index (χ0) is 22.8. The Balaban J connectivity index is 1.87. The van der Waals surface area contributed by atoms with Gasteiger partial charge in [0.15, 0.2) is 0 Å². The first-order chi connectivity index (χ1) is 16.2. The van der Waals surface area contributed by atoms with Crippen LogP contribution in [0.2, 0.25) is 0 Å². The van der Waals surface area contributed by atoms with Gasteiger partial charge in [-0.15, -0.1) is 0 Å². The molecular weight excluding hydrogens is 396 g/mol. The summed E-state index contributed by atoms with van der Waals surface area (Å²) in [6.45, 7) is 8.88. The lowest BCUT2D eigenvalue weighted by Crippen LogP contribution is -2.28. The highest BCUT2D eigenvalue weighted by molar-refractivity contribution is 5.88. The third-order valence-electron chi connectivity index (χ3n) is 6.69. The lowest BCUT2D eigenvalue weighted by molar-refractivity contribution is 0.769. The van der Waals surface area contributed by atoms with E-state index in [2.05, 4.69) is 129 Å². The molecule has 5 rings (SSSR count). The second-order valence-corrected chi connectivity index (χ2v) is 8.70. The lowest BCUT2D eigenvalue weighted by atomic mass is 9.67. The van der Waals surface area contributed by atoms with Crippen LogP contribution in [0.4, 0.5) is 0 Å². The Morgan fingerprint density at radius 1 is 0.697 bits per heavy atom. The Morgan fingerprint density at radius 3 is 2.03 bits per heavy atom. The number of rotatable bonds is 5. The summed E-state index contributed by atoms with van der Waals surface area (Å²) < 4.78 is 0. The lowest BCUT2D eigenvalue weighted by Gasteiger charge is -2.34. The minimum Gasteiger partial charge on any atom is -0.0942 e. The number of fused-ring (bicyclic) bond motifs is 3. The maximum absolute atomic E-state index is 4.67. The minimum absolute atomic E-state index is 0.444. The molecule has 0 spiro atoms. The van der Waals surface area contributed by atoms with Gasteiger partial charge < -0.3 is 0 Å². The van der Waals surface area contributed by atoms with Crippen molar-refractivity contribution < 1.29 is 0 Å². The van der Waals surface area contributed by atoms with Crippen molar-refractivity contribution in [3.05, 3.63) is 156 Å². The Hall–Kier alpha value is -3.90. The summed E-state index contributed by atoms with van der Waals surface area (Å²) in [6, 6.07) is 35.2. The molecule has 1 atom stereocenters. The molecular formula is C33H28. The van der Waals surface area contributed by atoms with Gasteiger partial charge in [-0.25, -0.2) is 0 Å². The standard InChI is InChI=1S/C33H28/c1-4-5-8-13-25(3)33(28-16-11-7-12-17-28)31-22-24(2)18-20-29(31)30-21-19-27(23-32(30)33)26-14-9-6-10-15-26/h4-23H,3H2,1-2H3/b5-4-,13-8-. The molecule has 0 saturated heterocycles. The number of allylic oxidation sites excluding steroid dienone is 5. The normalized spacial score (nSPS) is 16.8. The van der Waals surface area contributed by atoms with Crippen LogP contribution in [-0.2, 0) is 5.41 Å². The molecule has 4 aromatic carbocycles. The van der Waals surface area contributed by atoms with E-state index in [4.69, 9.17) is 0 Å². The van der Waals surface area contributed by atoms with Crippen LogP contribution in [0.5, 0.6) is 0 Å². The quantitative estimate of drug-likeness (QED) is 0.281. The van der Waals surface area contributed by atoms with E-state index in [-0.39, 0.29) is 0 Å². The zero-order valence-corrected chi connectivity index (χ0v) is 19.3. The highest BCUT2D eigenvalue weighted by Gasteiger charge is 2.46. The summed E-state index contributed by atoms with van der Waals surface area (Å²) in [4.78, 5) is 0. The monoisotopic (exact) mass is 424 g/mol. The van der Waals surface area contributed by atoms with Crippen LogP contribution in [0.25, 0.3) is 22.3 Å². The summed E-state index contributed by atoms with van der Waals surface area (Å²) >= 11 is 0. The molecule has 0 N–H and O–H groups in total. The van der Waals surface area contributed by atoms with Crippen LogP contribution >= 0.6 is 0 Å². The fraction of sp³-hybridized carbons (Fsp3) is 0.0909. The summed E-state index contributed by atoms with van der Waals surface area (Å²) in [7, 11) is 0. The maximum Gasteiger partial charge on any atom is 0.0708 e. The van der Waals surface area contributed by atoms with Gasteiger partial charge in [-0.05, 0) is 64.4 Å². The maximum atomic E-state index is 4.67. The number of aryl methyl sites for hydroxylation is 1. The van der Waals surface area contributed by atoms with E-state index in [1.165, 1.54) is 44.5 Å². The average molecular weight is 425 g/mol. The van der Waals surface area contributed by atoms with Crippen molar-refractivity contribution in [2.24, 2.45) is 0 Å². The van der Waals surface area contributed by atoms with Crippen molar-refractivity contribution in [3.8, 4) is 22.3 Å². The van der Waals surface area contributed by atoms with Crippen LogP contribution < -0.4 is 0 Å². The van der Waals surface area contributed by atoms with Crippen LogP contribution in [-0.4, -0.2) is 0 Å². The summed E-state index contributed by atoms with van der Waals surface area (Å²) in [6.07, 6.45) is 8.38. The van der Waals surface area contributed by atoms with E-state index < -0.39 is 5.41 Å². The first-order valence-corrected chi connectivity index (χ1v) is 11.5. The van der Waals surface area contributed by atoms with Crippen molar-refractivity contribution in [1.29, 1.82) is 0 Å². The van der Waals surface area contributed by atoms with Gasteiger partial charge in [-0.3, -0.25) is 0 Å². The smallest absolute Gasteiger partial charge is 0.0708 e. The van der Waals surface area contributed by atoms with Gasteiger partial charge in [0.05, 0.1) is 5.41 Å². The molecule has 160 valence electrons. The second-order valence-electron chi connectivity index (χ2n) is 8.70. The SMILES string of the molecule is C=C(/C=C\C=C/C)C1(c2ccccc2)c2cc(C)ccc2-c2ccc(-c3ccccc3)cc21. The summed E-state index contributed by atoms with van der Waals surface area (Å²) in [5.41, 5.74) is 10.8. The Labute approximate surface area is 197 Å². The minimum atomic E-state index is -0.444. The summed E-state index contributed by atoms with van der Waals surface area (Å²) in [5.74, 6) is 0. The molecule has 0 saturated carbocycles. The van der Waals surface area contributed by atoms with Crippen molar-refractivity contribution in [2.75, 3.05) is 0 Å². The van der Waals surface area contributed by atoms with Crippen LogP contribution in [0.15, 0.2) is 134 Å². The molecule has 1 aliphatic carbocycles. The molecule has 1 aliphatic rings. The van der Waals surface area contributed by atoms with Gasteiger partial charge in [0.1, 0.15) is 0 Å². The number of hydrogen-bond acceptors (Lipinski definition) is 0. The van der Waals surface area contributed by atoms with E-state index in [1.54, 1.807) is 0 Å². The Kier molecular flexibility index (Phi) is 5.44. The first kappa shape index (κ1) is 21.0. The Bertz CT molecular complexity index is 1370. The largest absolute Gasteiger partial charge is 0.0942 e. The molecule has 33 heavy (non-hydrogen) atoms. The number of hydrogen-bond donors (Lipinski definition) is 0. The van der Waals surface area contributed by atoms with Crippen LogP contribution in [0.3, 0.4) is 0 Å². The van der Waals surface area contributed by atoms with Crippen molar-refractivity contribution in [3.63, 3.8) is 0 Å². The van der Waals surface area contributed by atoms with Crippen LogP contribution in [0.1, 0.15) is 29.2 Å². The highest BCUT2D eigenvalue weighted by atomic mass is 14.5. The van der Waals surface area contributed by atoms with E-state index in [9.17, 15) is 0 Å². The topological polar surface area (TPSA) is 0 Å². The molecule has 0 aromatic heterocycles. The van der Waals surface area contributed by atoms with Crippen molar-refractivity contribution in [2.45, 2.75) is 19.3 Å². The summed E-state index contributed by atoms with van der Waals surface area (Å²) in [5, 5.41) is 0. The van der Waals surface area contributed by atoms with Crippen molar-refractivity contribution >= 4 is 0 Å². The van der Waals surface area contributed by atoms with E-state index in [0.717, 1.165) is 5.57 Å². The van der Waals surface area contributed by atoms with Gasteiger partial charge >= 0.3 is 0 Å². The van der Waals surface area contributed by atoms with E-state index in [1.807, 2.05) is 13.0 Å². The van der Waals surface area contributed by atoms with Gasteiger partial charge in [0, 0.05) is 0 Å². The van der Waals surface area contributed by atoms with Gasteiger partial charge in [0.2, 0.25) is 0 Å².